The number of hydrogen-bond donors (Lipinski definition) is 1. The molecule has 2 aromatic carbocycles. The van der Waals surface area contributed by atoms with Gasteiger partial charge in [-0.3, -0.25) is 4.79 Å². The molecule has 40 heavy (non-hydrogen) atoms. The summed E-state index contributed by atoms with van der Waals surface area (Å²) >= 11 is 6.52. The molecule has 1 fully saturated rings. The summed E-state index contributed by atoms with van der Waals surface area (Å²) in [5, 5.41) is 11.0. The number of carbonyl (C=O) groups excluding carboxylic acids is 2. The number of likely N-dealkylation sites (N-methyl/N-ethyl adjacent to an activating group) is 1. The van der Waals surface area contributed by atoms with E-state index >= 15 is 0 Å². The zero-order valence-electron chi connectivity index (χ0n) is 21.8. The summed E-state index contributed by atoms with van der Waals surface area (Å²) in [6.45, 7) is 2.25. The SMILES string of the molecule is COC(=O)c1nc(-c2cccc(C#C[C@]3(O)CCN(C)C3=O)c2)cc2c(Cl)cn(S(=O)(=O)c3ccc(C)cc3)c12. The van der Waals surface area contributed by atoms with Crippen LogP contribution in [0, 0.1) is 18.8 Å². The van der Waals surface area contributed by atoms with Gasteiger partial charge in [0.05, 0.1) is 28.2 Å². The fourth-order valence-corrected chi connectivity index (χ4v) is 6.16. The van der Waals surface area contributed by atoms with E-state index in [9.17, 15) is 23.1 Å². The molecule has 0 aliphatic carbocycles. The molecule has 1 aliphatic rings. The second kappa shape index (κ2) is 10.1. The number of ether oxygens (including phenoxy) is 1. The largest absolute Gasteiger partial charge is 0.464 e. The average Bonchev–Trinajstić information content (AvgIpc) is 3.43. The van der Waals surface area contributed by atoms with Crippen LogP contribution in [0.1, 0.15) is 28.0 Å². The predicted molar refractivity (Wildman–Crippen MR) is 149 cm³/mol. The Morgan fingerprint density at radius 3 is 2.55 bits per heavy atom. The second-order valence-electron chi connectivity index (χ2n) is 9.50. The quantitative estimate of drug-likeness (QED) is 0.290. The van der Waals surface area contributed by atoms with Crippen LogP contribution in [0.5, 0.6) is 0 Å². The van der Waals surface area contributed by atoms with Crippen LogP contribution in [0.25, 0.3) is 22.2 Å². The van der Waals surface area contributed by atoms with Crippen molar-refractivity contribution in [3.63, 3.8) is 0 Å². The molecule has 5 rings (SSSR count). The van der Waals surface area contributed by atoms with Crippen LogP contribution in [0.2, 0.25) is 5.02 Å². The van der Waals surface area contributed by atoms with Gasteiger partial charge in [-0.25, -0.2) is 22.2 Å². The van der Waals surface area contributed by atoms with Crippen LogP contribution < -0.4 is 0 Å². The molecule has 1 amide bonds. The van der Waals surface area contributed by atoms with Gasteiger partial charge in [-0.1, -0.05) is 53.3 Å². The summed E-state index contributed by atoms with van der Waals surface area (Å²) in [6.07, 6.45) is 1.44. The van der Waals surface area contributed by atoms with Gasteiger partial charge in [-0.2, -0.15) is 0 Å². The number of nitrogens with zero attached hydrogens (tertiary/aromatic N) is 3. The number of methoxy groups -OCH3 is 1. The lowest BCUT2D eigenvalue weighted by atomic mass is 10.0. The van der Waals surface area contributed by atoms with E-state index in [0.29, 0.717) is 23.4 Å². The van der Waals surface area contributed by atoms with E-state index < -0.39 is 27.5 Å². The predicted octanol–water partition coefficient (Wildman–Crippen LogP) is 3.63. The number of benzene rings is 2. The first-order valence-corrected chi connectivity index (χ1v) is 14.0. The van der Waals surface area contributed by atoms with E-state index in [1.165, 1.54) is 30.3 Å². The van der Waals surface area contributed by atoms with Crippen LogP contribution in [-0.2, 0) is 19.6 Å². The summed E-state index contributed by atoms with van der Waals surface area (Å²) in [4.78, 5) is 31.0. The molecule has 0 bridgehead atoms. The zero-order chi connectivity index (χ0) is 28.8. The normalized spacial score (nSPS) is 17.1. The number of aliphatic hydroxyl groups is 1. The van der Waals surface area contributed by atoms with Crippen molar-refractivity contribution in [2.75, 3.05) is 20.7 Å². The number of esters is 1. The Bertz CT molecular complexity index is 1850. The number of aromatic nitrogens is 2. The second-order valence-corrected chi connectivity index (χ2v) is 11.7. The van der Waals surface area contributed by atoms with Gasteiger partial charge in [0.1, 0.15) is 0 Å². The van der Waals surface area contributed by atoms with Gasteiger partial charge < -0.3 is 14.7 Å². The van der Waals surface area contributed by atoms with Crippen molar-refractivity contribution in [3.05, 3.63) is 82.6 Å². The molecule has 0 saturated carbocycles. The van der Waals surface area contributed by atoms with Crippen molar-refractivity contribution in [3.8, 4) is 23.1 Å². The third-order valence-corrected chi connectivity index (χ3v) is 8.71. The Balaban J connectivity index is 1.64. The van der Waals surface area contributed by atoms with Crippen molar-refractivity contribution in [2.24, 2.45) is 0 Å². The van der Waals surface area contributed by atoms with Gasteiger partial charge in [0.25, 0.3) is 15.9 Å². The van der Waals surface area contributed by atoms with Crippen LogP contribution in [0.15, 0.2) is 65.7 Å². The molecule has 11 heteroatoms. The third-order valence-electron chi connectivity index (χ3n) is 6.74. The average molecular weight is 578 g/mol. The minimum absolute atomic E-state index is 0.0109. The summed E-state index contributed by atoms with van der Waals surface area (Å²) in [7, 11) is -1.35. The number of carbonyl (C=O) groups is 2. The summed E-state index contributed by atoms with van der Waals surface area (Å²) in [5.74, 6) is 4.24. The number of aryl methyl sites for hydroxylation is 1. The molecule has 3 heterocycles. The minimum Gasteiger partial charge on any atom is -0.464 e. The molecule has 0 unspecified atom stereocenters. The Morgan fingerprint density at radius 1 is 1.18 bits per heavy atom. The standard InChI is InChI=1S/C29H24ClN3O6S/c1-18-7-9-21(10-8-18)40(37,38)33-17-23(30)22-16-24(31-25(26(22)33)27(34)39-3)20-6-4-5-19(15-20)11-12-29(36)13-14-32(2)28(29)35/h4-10,15-17,36H,13-14H2,1-3H3/t29-/m0/s1. The monoisotopic (exact) mass is 577 g/mol. The van der Waals surface area contributed by atoms with E-state index in [0.717, 1.165) is 9.54 Å². The maximum Gasteiger partial charge on any atom is 0.358 e. The van der Waals surface area contributed by atoms with Crippen molar-refractivity contribution in [1.29, 1.82) is 0 Å². The van der Waals surface area contributed by atoms with E-state index in [4.69, 9.17) is 16.3 Å². The number of pyridine rings is 1. The fraction of sp³-hybridized carbons (Fsp3) is 0.207. The number of amides is 1. The van der Waals surface area contributed by atoms with Gasteiger partial charge >= 0.3 is 5.97 Å². The van der Waals surface area contributed by atoms with Gasteiger partial charge in [-0.05, 0) is 37.3 Å². The van der Waals surface area contributed by atoms with Crippen LogP contribution in [0.3, 0.4) is 0 Å². The van der Waals surface area contributed by atoms with Crippen molar-refractivity contribution >= 4 is 44.4 Å². The lowest BCUT2D eigenvalue weighted by Gasteiger charge is -2.13. The van der Waals surface area contributed by atoms with Crippen molar-refractivity contribution < 1.29 is 27.9 Å². The van der Waals surface area contributed by atoms with E-state index in [2.05, 4.69) is 16.8 Å². The molecule has 1 N–H and O–H groups in total. The Morgan fingerprint density at radius 2 is 1.90 bits per heavy atom. The van der Waals surface area contributed by atoms with E-state index in [-0.39, 0.29) is 32.9 Å². The Hall–Kier alpha value is -4.17. The highest BCUT2D eigenvalue weighted by atomic mass is 35.5. The van der Waals surface area contributed by atoms with Crippen LogP contribution in [-0.4, -0.2) is 65.6 Å². The minimum atomic E-state index is -4.13. The molecule has 1 atom stereocenters. The summed E-state index contributed by atoms with van der Waals surface area (Å²) in [6, 6.07) is 14.7. The van der Waals surface area contributed by atoms with Gasteiger partial charge in [0, 0.05) is 42.7 Å². The smallest absolute Gasteiger partial charge is 0.358 e. The topological polar surface area (TPSA) is 119 Å². The fourth-order valence-electron chi connectivity index (χ4n) is 4.48. The zero-order valence-corrected chi connectivity index (χ0v) is 23.4. The highest BCUT2D eigenvalue weighted by molar-refractivity contribution is 7.90. The summed E-state index contributed by atoms with van der Waals surface area (Å²) in [5.41, 5.74) is 0.260. The lowest BCUT2D eigenvalue weighted by Crippen LogP contribution is -2.37. The van der Waals surface area contributed by atoms with Gasteiger partial charge in [-0.15, -0.1) is 0 Å². The summed E-state index contributed by atoms with van der Waals surface area (Å²) < 4.78 is 33.0. The molecular formula is C29H24ClN3O6S. The molecule has 0 spiro atoms. The molecule has 204 valence electrons. The van der Waals surface area contributed by atoms with E-state index in [1.807, 2.05) is 6.92 Å². The van der Waals surface area contributed by atoms with Crippen LogP contribution >= 0.6 is 11.6 Å². The van der Waals surface area contributed by atoms with Gasteiger partial charge in [0.2, 0.25) is 5.60 Å². The highest BCUT2D eigenvalue weighted by Gasteiger charge is 2.42. The molecule has 1 saturated heterocycles. The lowest BCUT2D eigenvalue weighted by molar-refractivity contribution is -0.137. The first kappa shape index (κ1) is 27.4. The first-order chi connectivity index (χ1) is 18.9. The Kier molecular flexibility index (Phi) is 6.92. The molecule has 2 aromatic heterocycles. The number of halogens is 1. The Labute approximate surface area is 236 Å². The maximum atomic E-state index is 13.5. The molecule has 1 aliphatic heterocycles. The highest BCUT2D eigenvalue weighted by Crippen LogP contribution is 2.34. The molecule has 4 aromatic rings. The number of hydrogen-bond acceptors (Lipinski definition) is 7. The maximum absolute atomic E-state index is 13.5. The number of fused-ring (bicyclic) bond motifs is 1. The third kappa shape index (κ3) is 4.73. The first-order valence-electron chi connectivity index (χ1n) is 12.2. The van der Waals surface area contributed by atoms with Crippen molar-refractivity contribution in [1.82, 2.24) is 13.9 Å². The van der Waals surface area contributed by atoms with E-state index in [1.54, 1.807) is 49.5 Å². The van der Waals surface area contributed by atoms with Crippen molar-refractivity contribution in [2.45, 2.75) is 23.8 Å². The molecule has 0 radical (unpaired) electrons. The molecular weight excluding hydrogens is 554 g/mol. The van der Waals surface area contributed by atoms with Crippen LogP contribution in [0.4, 0.5) is 0 Å². The number of rotatable bonds is 4. The van der Waals surface area contributed by atoms with Gasteiger partial charge in [0.15, 0.2) is 5.69 Å². The molecule has 9 nitrogen and oxygen atoms in total. The number of likely N-dealkylation sites (tertiary alicyclic amines) is 1.